The van der Waals surface area contributed by atoms with E-state index in [1.54, 1.807) is 36.9 Å². The summed E-state index contributed by atoms with van der Waals surface area (Å²) in [6, 6.07) is 21.8. The number of pyridine rings is 1. The fourth-order valence-electron chi connectivity index (χ4n) is 4.89. The van der Waals surface area contributed by atoms with Crippen LogP contribution in [0.15, 0.2) is 101 Å². The summed E-state index contributed by atoms with van der Waals surface area (Å²) in [5.74, 6) is 0.633. The molecule has 0 aliphatic heterocycles. The molecule has 0 saturated carbocycles. The number of benzene rings is 3. The first-order valence-electron chi connectivity index (χ1n) is 14.0. The molecule has 218 valence electrons. The largest absolute Gasteiger partial charge is 0.493 e. The lowest BCUT2D eigenvalue weighted by Crippen LogP contribution is -2.26. The lowest BCUT2D eigenvalue weighted by atomic mass is 10.1. The second-order valence-electron chi connectivity index (χ2n) is 10.1. The summed E-state index contributed by atoms with van der Waals surface area (Å²) < 4.78 is 37.0. The van der Waals surface area contributed by atoms with Crippen LogP contribution in [-0.2, 0) is 23.0 Å². The molecule has 10 nitrogen and oxygen atoms in total. The van der Waals surface area contributed by atoms with Crippen LogP contribution < -0.4 is 15.0 Å². The Morgan fingerprint density at radius 3 is 2.56 bits per heavy atom. The number of nitrogens with one attached hydrogen (secondary N) is 2. The van der Waals surface area contributed by atoms with E-state index in [0.29, 0.717) is 47.3 Å². The first kappa shape index (κ1) is 28.3. The van der Waals surface area contributed by atoms with E-state index < -0.39 is 10.0 Å². The van der Waals surface area contributed by atoms with Gasteiger partial charge in [0, 0.05) is 25.5 Å². The highest BCUT2D eigenvalue weighted by atomic mass is 32.2. The summed E-state index contributed by atoms with van der Waals surface area (Å²) in [5, 5.41) is 0.406. The van der Waals surface area contributed by atoms with Gasteiger partial charge in [0.1, 0.15) is 11.6 Å². The number of aromatic amines is 1. The van der Waals surface area contributed by atoms with Crippen molar-refractivity contribution < 1.29 is 13.2 Å². The van der Waals surface area contributed by atoms with E-state index >= 15 is 0 Å². The third-order valence-electron chi connectivity index (χ3n) is 7.08. The van der Waals surface area contributed by atoms with Crippen molar-refractivity contribution in [1.82, 2.24) is 29.2 Å². The molecule has 6 rings (SSSR count). The smallest absolute Gasteiger partial charge is 0.259 e. The molecule has 0 aliphatic rings. The zero-order valence-corrected chi connectivity index (χ0v) is 24.3. The van der Waals surface area contributed by atoms with Crippen molar-refractivity contribution in [2.45, 2.75) is 31.2 Å². The van der Waals surface area contributed by atoms with Crippen LogP contribution in [0.25, 0.3) is 33.3 Å². The lowest BCUT2D eigenvalue weighted by molar-refractivity contribution is 0.318. The standard InChI is InChI=1S/C32H30N6O4S/c1-2-16-42-30-9-8-24(43(40,41)35-15-12-22-10-13-33-14-11-22)17-26(30)31-36-27-19-28-29(18-25(27)32(39)37-31)38(21-34-28)20-23-6-4-3-5-7-23/h3-11,13-14,17-19,21,35H,2,12,15-16,20H2,1H3,(H,36,37,39). The fraction of sp³-hybridized carbons (Fsp3) is 0.188. The van der Waals surface area contributed by atoms with Gasteiger partial charge in [0.2, 0.25) is 10.0 Å². The zero-order valence-electron chi connectivity index (χ0n) is 23.5. The van der Waals surface area contributed by atoms with E-state index in [4.69, 9.17) is 9.72 Å². The molecular weight excluding hydrogens is 564 g/mol. The lowest BCUT2D eigenvalue weighted by Gasteiger charge is -2.14. The summed E-state index contributed by atoms with van der Waals surface area (Å²) in [7, 11) is -3.86. The van der Waals surface area contributed by atoms with Crippen molar-refractivity contribution in [2.24, 2.45) is 0 Å². The predicted molar refractivity (Wildman–Crippen MR) is 166 cm³/mol. The van der Waals surface area contributed by atoms with Gasteiger partial charge in [-0.15, -0.1) is 0 Å². The Balaban J connectivity index is 1.35. The normalized spacial score (nSPS) is 11.7. The van der Waals surface area contributed by atoms with E-state index in [1.807, 2.05) is 54.0 Å². The Morgan fingerprint density at radius 2 is 1.77 bits per heavy atom. The van der Waals surface area contributed by atoms with Gasteiger partial charge in [-0.1, -0.05) is 37.3 Å². The zero-order chi connectivity index (χ0) is 29.8. The van der Waals surface area contributed by atoms with Gasteiger partial charge in [-0.25, -0.2) is 23.1 Å². The molecule has 0 bridgehead atoms. The first-order valence-corrected chi connectivity index (χ1v) is 15.5. The Hall–Kier alpha value is -4.87. The molecule has 3 aromatic carbocycles. The minimum atomic E-state index is -3.86. The molecule has 2 N–H and O–H groups in total. The van der Waals surface area contributed by atoms with E-state index in [-0.39, 0.29) is 22.8 Å². The topological polar surface area (TPSA) is 132 Å². The second-order valence-corrected chi connectivity index (χ2v) is 11.9. The summed E-state index contributed by atoms with van der Waals surface area (Å²) >= 11 is 0. The number of imidazole rings is 1. The number of H-pyrrole nitrogens is 1. The molecule has 3 heterocycles. The van der Waals surface area contributed by atoms with E-state index in [9.17, 15) is 13.2 Å². The third-order valence-corrected chi connectivity index (χ3v) is 8.54. The van der Waals surface area contributed by atoms with Crippen molar-refractivity contribution in [2.75, 3.05) is 13.2 Å². The van der Waals surface area contributed by atoms with Crippen LogP contribution >= 0.6 is 0 Å². The van der Waals surface area contributed by atoms with Gasteiger partial charge in [-0.3, -0.25) is 9.78 Å². The quantitative estimate of drug-likeness (QED) is 0.222. The van der Waals surface area contributed by atoms with Gasteiger partial charge in [0.05, 0.1) is 45.3 Å². The van der Waals surface area contributed by atoms with Crippen molar-refractivity contribution in [3.63, 3.8) is 0 Å². The Labute approximate surface area is 248 Å². The number of ether oxygens (including phenoxy) is 1. The highest BCUT2D eigenvalue weighted by molar-refractivity contribution is 7.89. The third kappa shape index (κ3) is 6.18. The Bertz CT molecular complexity index is 2060. The van der Waals surface area contributed by atoms with E-state index in [1.165, 1.54) is 12.1 Å². The number of hydrogen-bond acceptors (Lipinski definition) is 7. The van der Waals surface area contributed by atoms with Crippen LogP contribution in [0.4, 0.5) is 0 Å². The molecule has 0 amide bonds. The van der Waals surface area contributed by atoms with Crippen LogP contribution in [0.1, 0.15) is 24.5 Å². The Morgan fingerprint density at radius 1 is 0.953 bits per heavy atom. The molecule has 0 saturated heterocycles. The molecular formula is C32H30N6O4S. The molecule has 0 spiro atoms. The van der Waals surface area contributed by atoms with Gasteiger partial charge in [-0.05, 0) is 66.4 Å². The van der Waals surface area contributed by atoms with Crippen LogP contribution in [-0.4, -0.2) is 46.1 Å². The van der Waals surface area contributed by atoms with E-state index in [0.717, 1.165) is 23.1 Å². The van der Waals surface area contributed by atoms with Crippen LogP contribution in [0.5, 0.6) is 5.75 Å². The molecule has 3 aromatic heterocycles. The van der Waals surface area contributed by atoms with Crippen LogP contribution in [0.3, 0.4) is 0 Å². The van der Waals surface area contributed by atoms with E-state index in [2.05, 4.69) is 19.7 Å². The first-order chi connectivity index (χ1) is 20.9. The number of sulfonamides is 1. The summed E-state index contributed by atoms with van der Waals surface area (Å²) in [4.78, 5) is 29.6. The monoisotopic (exact) mass is 594 g/mol. The molecule has 0 atom stereocenters. The van der Waals surface area contributed by atoms with Crippen molar-refractivity contribution in [1.29, 1.82) is 0 Å². The molecule has 43 heavy (non-hydrogen) atoms. The highest BCUT2D eigenvalue weighted by Crippen LogP contribution is 2.31. The average Bonchev–Trinajstić information content (AvgIpc) is 3.41. The predicted octanol–water partition coefficient (Wildman–Crippen LogP) is 4.69. The highest BCUT2D eigenvalue weighted by Gasteiger charge is 2.20. The number of nitrogens with zero attached hydrogens (tertiary/aromatic N) is 4. The molecule has 6 aromatic rings. The van der Waals surface area contributed by atoms with Crippen molar-refractivity contribution in [3.8, 4) is 17.1 Å². The molecule has 11 heteroatoms. The summed E-state index contributed by atoms with van der Waals surface area (Å²) in [5.41, 5.74) is 4.07. The Kier molecular flexibility index (Phi) is 7.99. The number of fused-ring (bicyclic) bond motifs is 2. The van der Waals surface area contributed by atoms with Crippen molar-refractivity contribution in [3.05, 3.63) is 113 Å². The van der Waals surface area contributed by atoms with Gasteiger partial charge in [-0.2, -0.15) is 0 Å². The minimum absolute atomic E-state index is 0.0407. The number of hydrogen-bond donors (Lipinski definition) is 2. The molecule has 0 unspecified atom stereocenters. The molecule has 0 radical (unpaired) electrons. The molecule has 0 aliphatic carbocycles. The van der Waals surface area contributed by atoms with Gasteiger partial charge in [0.15, 0.2) is 0 Å². The van der Waals surface area contributed by atoms with Gasteiger partial charge < -0.3 is 14.3 Å². The van der Waals surface area contributed by atoms with Crippen LogP contribution in [0.2, 0.25) is 0 Å². The van der Waals surface area contributed by atoms with Crippen LogP contribution in [0, 0.1) is 0 Å². The molecule has 0 fully saturated rings. The maximum Gasteiger partial charge on any atom is 0.259 e. The maximum absolute atomic E-state index is 13.4. The van der Waals surface area contributed by atoms with Gasteiger partial charge in [0.25, 0.3) is 5.56 Å². The average molecular weight is 595 g/mol. The van der Waals surface area contributed by atoms with Gasteiger partial charge >= 0.3 is 0 Å². The second kappa shape index (κ2) is 12.2. The summed E-state index contributed by atoms with van der Waals surface area (Å²) in [6.07, 6.45) is 6.36. The maximum atomic E-state index is 13.4. The minimum Gasteiger partial charge on any atom is -0.493 e. The van der Waals surface area contributed by atoms with Crippen molar-refractivity contribution >= 4 is 32.0 Å². The number of rotatable bonds is 11. The fourth-order valence-corrected chi connectivity index (χ4v) is 5.94. The number of aromatic nitrogens is 5. The summed E-state index contributed by atoms with van der Waals surface area (Å²) in [6.45, 7) is 3.22. The SMILES string of the molecule is CCCOc1ccc(S(=O)(=O)NCCc2ccncc2)cc1-c1nc2cc3ncn(Cc4ccccc4)c3cc2c(=O)[nH]1.